The molecule has 2 heterocycles. The van der Waals surface area contributed by atoms with Crippen LogP contribution in [0.2, 0.25) is 0 Å². The Morgan fingerprint density at radius 2 is 1.88 bits per heavy atom. The van der Waals surface area contributed by atoms with Crippen LogP contribution >= 0.6 is 0 Å². The predicted octanol–water partition coefficient (Wildman–Crippen LogP) is 1.73. The lowest BCUT2D eigenvalue weighted by atomic mass is 10.0. The van der Waals surface area contributed by atoms with Crippen molar-refractivity contribution >= 4 is 11.8 Å². The summed E-state index contributed by atoms with van der Waals surface area (Å²) in [5.74, 6) is -0.360. The Morgan fingerprint density at radius 3 is 2.48 bits per heavy atom. The molecule has 25 heavy (non-hydrogen) atoms. The highest BCUT2D eigenvalue weighted by Gasteiger charge is 2.36. The van der Waals surface area contributed by atoms with E-state index < -0.39 is 6.04 Å². The lowest BCUT2D eigenvalue weighted by Gasteiger charge is -2.39. The summed E-state index contributed by atoms with van der Waals surface area (Å²) < 4.78 is 1.56. The van der Waals surface area contributed by atoms with Crippen molar-refractivity contribution in [1.29, 1.82) is 0 Å². The molecule has 2 amide bonds. The van der Waals surface area contributed by atoms with Gasteiger partial charge in [0.25, 0.3) is 11.5 Å². The molecule has 1 aromatic rings. The zero-order chi connectivity index (χ0) is 18.7. The Balaban J connectivity index is 2.41. The van der Waals surface area contributed by atoms with Crippen LogP contribution in [0.15, 0.2) is 10.9 Å². The number of hydrogen-bond acceptors (Lipinski definition) is 3. The second kappa shape index (κ2) is 7.85. The second-order valence-electron chi connectivity index (χ2n) is 6.82. The number of piperazine rings is 1. The maximum Gasteiger partial charge on any atom is 0.263 e. The first-order valence-corrected chi connectivity index (χ1v) is 9.08. The van der Waals surface area contributed by atoms with Crippen LogP contribution < -0.4 is 5.56 Å². The van der Waals surface area contributed by atoms with Gasteiger partial charge in [-0.2, -0.15) is 0 Å². The molecule has 0 saturated carbocycles. The highest BCUT2D eigenvalue weighted by atomic mass is 16.2. The predicted molar refractivity (Wildman–Crippen MR) is 97.8 cm³/mol. The number of unbranched alkanes of at least 4 members (excludes halogenated alkanes) is 1. The molecule has 2 rings (SSSR count). The van der Waals surface area contributed by atoms with Crippen LogP contribution in [-0.4, -0.2) is 52.4 Å². The summed E-state index contributed by atoms with van der Waals surface area (Å²) >= 11 is 0. The number of rotatable bonds is 5. The summed E-state index contributed by atoms with van der Waals surface area (Å²) in [5, 5.41) is 0. The highest BCUT2D eigenvalue weighted by molar-refractivity contribution is 5.98. The summed E-state index contributed by atoms with van der Waals surface area (Å²) in [5.41, 5.74) is 1.74. The van der Waals surface area contributed by atoms with Crippen LogP contribution in [0.25, 0.3) is 0 Å². The van der Waals surface area contributed by atoms with E-state index >= 15 is 0 Å². The van der Waals surface area contributed by atoms with E-state index in [1.54, 1.807) is 34.5 Å². The molecule has 0 radical (unpaired) electrons. The van der Waals surface area contributed by atoms with Crippen LogP contribution in [0.4, 0.5) is 0 Å². The molecular formula is C19H29N3O3. The molecule has 0 N–H and O–H groups in total. The van der Waals surface area contributed by atoms with Crippen LogP contribution in [-0.2, 0) is 18.3 Å². The fourth-order valence-electron chi connectivity index (χ4n) is 3.58. The van der Waals surface area contributed by atoms with Gasteiger partial charge in [-0.25, -0.2) is 0 Å². The highest BCUT2D eigenvalue weighted by Crippen LogP contribution is 2.19. The quantitative estimate of drug-likeness (QED) is 0.815. The van der Waals surface area contributed by atoms with E-state index in [9.17, 15) is 14.4 Å². The summed E-state index contributed by atoms with van der Waals surface area (Å²) in [6, 6.07) is 1.21. The molecule has 1 saturated heterocycles. The number of amides is 2. The van der Waals surface area contributed by atoms with Gasteiger partial charge in [0.15, 0.2) is 0 Å². The van der Waals surface area contributed by atoms with Gasteiger partial charge in [-0.15, -0.1) is 0 Å². The van der Waals surface area contributed by atoms with E-state index in [0.717, 1.165) is 30.5 Å². The van der Waals surface area contributed by atoms with Crippen LogP contribution in [0.5, 0.6) is 0 Å². The molecule has 0 aromatic carbocycles. The standard InChI is InChI=1S/C19H29N3O3/c1-6-8-9-16-19(25)20(4)10-11-22(16)18(24)14-12-13(3)15(7-2)21(5)17(14)23/h12,16H,6-11H2,1-5H3/t16-/m0/s1. The summed E-state index contributed by atoms with van der Waals surface area (Å²) in [4.78, 5) is 41.6. The van der Waals surface area contributed by atoms with E-state index in [1.807, 2.05) is 13.8 Å². The molecule has 0 bridgehead atoms. The third-order valence-corrected chi connectivity index (χ3v) is 5.13. The maximum atomic E-state index is 13.1. The molecule has 138 valence electrons. The number of aromatic nitrogens is 1. The Labute approximate surface area is 149 Å². The monoisotopic (exact) mass is 347 g/mol. The van der Waals surface area contributed by atoms with Crippen LogP contribution in [0.1, 0.15) is 54.7 Å². The lowest BCUT2D eigenvalue weighted by Crippen LogP contribution is -2.58. The van der Waals surface area contributed by atoms with Crippen LogP contribution in [0.3, 0.4) is 0 Å². The fraction of sp³-hybridized carbons (Fsp3) is 0.632. The summed E-state index contributed by atoms with van der Waals surface area (Å²) in [6.45, 7) is 6.93. The molecule has 1 fully saturated rings. The minimum Gasteiger partial charge on any atom is -0.342 e. The van der Waals surface area contributed by atoms with E-state index in [4.69, 9.17) is 0 Å². The first-order valence-electron chi connectivity index (χ1n) is 9.08. The third kappa shape index (κ3) is 3.62. The molecule has 1 atom stereocenters. The van der Waals surface area contributed by atoms with E-state index in [-0.39, 0.29) is 22.9 Å². The average Bonchev–Trinajstić information content (AvgIpc) is 2.59. The Kier molecular flexibility index (Phi) is 6.03. The molecule has 1 aromatic heterocycles. The SMILES string of the molecule is CCCC[C@H]1C(=O)N(C)CCN1C(=O)c1cc(C)c(CC)n(C)c1=O. The van der Waals surface area contributed by atoms with Crippen molar-refractivity contribution in [3.63, 3.8) is 0 Å². The fourth-order valence-corrected chi connectivity index (χ4v) is 3.58. The minimum absolute atomic E-state index is 0.0354. The number of carbonyl (C=O) groups excluding carboxylic acids is 2. The number of carbonyl (C=O) groups is 2. The van der Waals surface area contributed by atoms with Crippen molar-refractivity contribution in [1.82, 2.24) is 14.4 Å². The summed E-state index contributed by atoms with van der Waals surface area (Å²) in [6.07, 6.45) is 3.21. The smallest absolute Gasteiger partial charge is 0.263 e. The molecule has 1 aliphatic rings. The number of nitrogens with zero attached hydrogens (tertiary/aromatic N) is 3. The number of hydrogen-bond donors (Lipinski definition) is 0. The maximum absolute atomic E-state index is 13.1. The second-order valence-corrected chi connectivity index (χ2v) is 6.82. The Morgan fingerprint density at radius 1 is 1.20 bits per heavy atom. The molecular weight excluding hydrogens is 318 g/mol. The molecule has 6 nitrogen and oxygen atoms in total. The van der Waals surface area contributed by atoms with Crippen molar-refractivity contribution < 1.29 is 9.59 Å². The largest absolute Gasteiger partial charge is 0.342 e. The van der Waals surface area contributed by atoms with E-state index in [0.29, 0.717) is 19.5 Å². The van der Waals surface area contributed by atoms with Gasteiger partial charge in [0.2, 0.25) is 5.91 Å². The van der Waals surface area contributed by atoms with Gasteiger partial charge in [0.1, 0.15) is 11.6 Å². The van der Waals surface area contributed by atoms with Gasteiger partial charge in [-0.3, -0.25) is 14.4 Å². The van der Waals surface area contributed by atoms with Gasteiger partial charge in [0, 0.05) is 32.9 Å². The number of pyridine rings is 1. The average molecular weight is 347 g/mol. The molecule has 0 spiro atoms. The van der Waals surface area contributed by atoms with Crippen molar-refractivity contribution in [2.45, 2.75) is 52.5 Å². The Hall–Kier alpha value is -2.11. The van der Waals surface area contributed by atoms with Gasteiger partial charge in [0.05, 0.1) is 0 Å². The van der Waals surface area contributed by atoms with Gasteiger partial charge < -0.3 is 14.4 Å². The van der Waals surface area contributed by atoms with Crippen LogP contribution in [0, 0.1) is 6.92 Å². The van der Waals surface area contributed by atoms with Crippen molar-refractivity contribution in [2.24, 2.45) is 7.05 Å². The minimum atomic E-state index is -0.470. The third-order valence-electron chi connectivity index (χ3n) is 5.13. The first kappa shape index (κ1) is 19.2. The van der Waals surface area contributed by atoms with Gasteiger partial charge in [-0.1, -0.05) is 26.7 Å². The van der Waals surface area contributed by atoms with Crippen molar-refractivity contribution in [3.05, 3.63) is 33.2 Å². The first-order chi connectivity index (χ1) is 11.8. The lowest BCUT2D eigenvalue weighted by molar-refractivity contribution is -0.138. The molecule has 6 heteroatoms. The number of likely N-dealkylation sites (N-methyl/N-ethyl adjacent to an activating group) is 1. The molecule has 0 aliphatic carbocycles. The van der Waals surface area contributed by atoms with Crippen molar-refractivity contribution in [2.75, 3.05) is 20.1 Å². The zero-order valence-electron chi connectivity index (χ0n) is 16.0. The molecule has 1 aliphatic heterocycles. The van der Waals surface area contributed by atoms with Gasteiger partial charge in [-0.05, 0) is 31.4 Å². The Bertz CT molecular complexity index is 723. The van der Waals surface area contributed by atoms with Crippen molar-refractivity contribution in [3.8, 4) is 0 Å². The normalized spacial score (nSPS) is 18.0. The zero-order valence-corrected chi connectivity index (χ0v) is 16.0. The van der Waals surface area contributed by atoms with Gasteiger partial charge >= 0.3 is 0 Å². The molecule has 0 unspecified atom stereocenters. The van der Waals surface area contributed by atoms with E-state index in [2.05, 4.69) is 6.92 Å². The topological polar surface area (TPSA) is 62.6 Å². The number of aryl methyl sites for hydroxylation is 1. The van der Waals surface area contributed by atoms with E-state index in [1.165, 1.54) is 0 Å². The summed E-state index contributed by atoms with van der Waals surface area (Å²) in [7, 11) is 3.47.